The van der Waals surface area contributed by atoms with Crippen molar-refractivity contribution in [2.75, 3.05) is 26.7 Å². The van der Waals surface area contributed by atoms with Gasteiger partial charge in [-0.05, 0) is 83.8 Å². The minimum atomic E-state index is -4.41. The Kier molecular flexibility index (Phi) is 9.00. The number of fused-ring (bicyclic) bond motifs is 3. The second-order valence-corrected chi connectivity index (χ2v) is 12.2. The Labute approximate surface area is 267 Å². The summed E-state index contributed by atoms with van der Waals surface area (Å²) in [7, 11) is 1.46. The summed E-state index contributed by atoms with van der Waals surface area (Å²) in [6, 6.07) is 28.2. The third kappa shape index (κ3) is 6.06. The summed E-state index contributed by atoms with van der Waals surface area (Å²) in [4.78, 5) is 29.1. The lowest BCUT2D eigenvalue weighted by atomic mass is 9.74. The molecule has 4 aromatic carbocycles. The predicted molar refractivity (Wildman–Crippen MR) is 172 cm³/mol. The van der Waals surface area contributed by atoms with Crippen molar-refractivity contribution in [2.24, 2.45) is 0 Å². The number of likely N-dealkylation sites (tertiary alicyclic amines) is 1. The first kappa shape index (κ1) is 31.5. The molecule has 238 valence electrons. The number of hydrogen-bond donors (Lipinski definition) is 1. The second-order valence-electron chi connectivity index (χ2n) is 12.2. The van der Waals surface area contributed by atoms with Gasteiger partial charge in [0.15, 0.2) is 0 Å². The van der Waals surface area contributed by atoms with Gasteiger partial charge in [-0.1, -0.05) is 85.3 Å². The van der Waals surface area contributed by atoms with Crippen LogP contribution in [0.25, 0.3) is 22.3 Å². The van der Waals surface area contributed by atoms with E-state index in [0.717, 1.165) is 79.7 Å². The first-order chi connectivity index (χ1) is 22.2. The Hall–Kier alpha value is -4.43. The van der Waals surface area contributed by atoms with Crippen LogP contribution in [-0.2, 0) is 21.1 Å². The van der Waals surface area contributed by atoms with Crippen molar-refractivity contribution >= 4 is 11.9 Å². The zero-order valence-corrected chi connectivity index (χ0v) is 25.8. The molecule has 1 aliphatic carbocycles. The fourth-order valence-electron chi connectivity index (χ4n) is 7.15. The van der Waals surface area contributed by atoms with E-state index in [4.69, 9.17) is 4.74 Å². The number of esters is 1. The first-order valence-corrected chi connectivity index (χ1v) is 15.8. The molecule has 1 heterocycles. The van der Waals surface area contributed by atoms with Gasteiger partial charge in [0.2, 0.25) is 0 Å². The number of nitrogens with zero attached hydrogens (tertiary/aromatic N) is 1. The predicted octanol–water partition coefficient (Wildman–Crippen LogP) is 7.88. The maximum Gasteiger partial charge on any atom is 0.416 e. The maximum absolute atomic E-state index is 13.4. The van der Waals surface area contributed by atoms with Gasteiger partial charge in [0.05, 0.1) is 12.7 Å². The number of ether oxygens (including phenoxy) is 1. The van der Waals surface area contributed by atoms with Gasteiger partial charge >= 0.3 is 12.1 Å². The number of carbonyl (C=O) groups excluding carboxylic acids is 2. The number of hydrogen-bond acceptors (Lipinski definition) is 4. The van der Waals surface area contributed by atoms with Gasteiger partial charge in [-0.2, -0.15) is 13.2 Å². The van der Waals surface area contributed by atoms with Crippen molar-refractivity contribution in [3.8, 4) is 22.3 Å². The molecule has 0 atom stereocenters. The van der Waals surface area contributed by atoms with Crippen LogP contribution in [-0.4, -0.2) is 49.6 Å². The molecule has 46 heavy (non-hydrogen) atoms. The molecule has 8 heteroatoms. The molecule has 1 saturated heterocycles. The van der Waals surface area contributed by atoms with Crippen LogP contribution >= 0.6 is 0 Å². The number of piperidine rings is 1. The average molecular weight is 627 g/mol. The number of benzene rings is 4. The van der Waals surface area contributed by atoms with Gasteiger partial charge in [0, 0.05) is 24.7 Å². The third-order valence-corrected chi connectivity index (χ3v) is 9.49. The normalized spacial score (nSPS) is 16.0. The zero-order valence-electron chi connectivity index (χ0n) is 25.8. The van der Waals surface area contributed by atoms with Crippen LogP contribution in [0, 0.1) is 0 Å². The van der Waals surface area contributed by atoms with E-state index in [1.165, 1.54) is 19.2 Å². The summed E-state index contributed by atoms with van der Waals surface area (Å²) < 4.78 is 44.5. The molecule has 5 nitrogen and oxygen atoms in total. The molecule has 6 rings (SSSR count). The lowest BCUT2D eigenvalue weighted by molar-refractivity contribution is -0.146. The van der Waals surface area contributed by atoms with Crippen molar-refractivity contribution in [1.82, 2.24) is 10.2 Å². The summed E-state index contributed by atoms with van der Waals surface area (Å²) in [6.45, 7) is 2.59. The molecule has 1 aliphatic heterocycles. The molecule has 2 aliphatic rings. The van der Waals surface area contributed by atoms with Crippen molar-refractivity contribution in [2.45, 2.75) is 49.7 Å². The molecule has 0 saturated carbocycles. The van der Waals surface area contributed by atoms with Crippen molar-refractivity contribution in [3.05, 3.63) is 119 Å². The summed E-state index contributed by atoms with van der Waals surface area (Å²) in [5.74, 6) is -0.444. The van der Waals surface area contributed by atoms with Crippen LogP contribution in [0.2, 0.25) is 0 Å². The van der Waals surface area contributed by atoms with E-state index in [0.29, 0.717) is 23.1 Å². The van der Waals surface area contributed by atoms with Crippen LogP contribution in [0.5, 0.6) is 0 Å². The fraction of sp³-hybridized carbons (Fsp3) is 0.316. The maximum atomic E-state index is 13.4. The fourth-order valence-corrected chi connectivity index (χ4v) is 7.15. The minimum absolute atomic E-state index is 0.0125. The number of methoxy groups -OCH3 is 1. The summed E-state index contributed by atoms with van der Waals surface area (Å²) in [5, 5.41) is 3.15. The molecule has 1 N–H and O–H groups in total. The lowest BCUT2D eigenvalue weighted by Crippen LogP contribution is -2.45. The zero-order chi connectivity index (χ0) is 32.3. The summed E-state index contributed by atoms with van der Waals surface area (Å²) in [5.41, 5.74) is 4.29. The SMILES string of the molecule is COC(=O)C1(CCCCN2CCC(NC(=O)c3ccccc3-c3ccc(C(F)(F)F)cc3)CC2)c2ccccc2-c2ccccc21. The molecule has 0 aromatic heterocycles. The molecule has 0 unspecified atom stereocenters. The number of nitrogens with one attached hydrogen (secondary N) is 1. The van der Waals surface area contributed by atoms with Crippen LogP contribution < -0.4 is 5.32 Å². The van der Waals surface area contributed by atoms with Crippen molar-refractivity contribution in [3.63, 3.8) is 0 Å². The highest BCUT2D eigenvalue weighted by Crippen LogP contribution is 2.52. The molecule has 0 spiro atoms. The van der Waals surface area contributed by atoms with Crippen LogP contribution in [0.3, 0.4) is 0 Å². The van der Waals surface area contributed by atoms with E-state index in [2.05, 4.69) is 22.3 Å². The number of rotatable bonds is 9. The average Bonchev–Trinajstić information content (AvgIpc) is 3.37. The van der Waals surface area contributed by atoms with Gasteiger partial charge in [0.1, 0.15) is 5.41 Å². The van der Waals surface area contributed by atoms with Crippen molar-refractivity contribution < 1.29 is 27.5 Å². The van der Waals surface area contributed by atoms with E-state index < -0.39 is 17.2 Å². The standard InChI is InChI=1S/C38H37F3N2O3/c1-46-36(45)37(33-14-6-4-11-30(33)31-12-5-7-15-34(31)37)22-8-9-23-43-24-20-28(21-25-43)42-35(44)32-13-3-2-10-29(32)26-16-18-27(19-17-26)38(39,40)41/h2-7,10-19,28H,8-9,20-25H2,1H3,(H,42,44). The van der Waals surface area contributed by atoms with Crippen LogP contribution in [0.4, 0.5) is 13.2 Å². The number of amides is 1. The topological polar surface area (TPSA) is 58.6 Å². The Bertz CT molecular complexity index is 1660. The molecule has 0 radical (unpaired) electrons. The number of halogens is 3. The summed E-state index contributed by atoms with van der Waals surface area (Å²) in [6.07, 6.45) is -0.347. The van der Waals surface area contributed by atoms with E-state index >= 15 is 0 Å². The number of carbonyl (C=O) groups is 2. The van der Waals surface area contributed by atoms with Crippen LogP contribution in [0.1, 0.15) is 59.2 Å². The first-order valence-electron chi connectivity index (χ1n) is 15.8. The quantitative estimate of drug-likeness (QED) is 0.152. The van der Waals surface area contributed by atoms with Gasteiger partial charge in [-0.15, -0.1) is 0 Å². The van der Waals surface area contributed by atoms with E-state index in [-0.39, 0.29) is 17.9 Å². The molecular formula is C38H37F3N2O3. The highest BCUT2D eigenvalue weighted by atomic mass is 19.4. The second kappa shape index (κ2) is 13.1. The smallest absolute Gasteiger partial charge is 0.416 e. The van der Waals surface area contributed by atoms with E-state index in [1.54, 1.807) is 24.3 Å². The van der Waals surface area contributed by atoms with E-state index in [1.807, 2.05) is 36.4 Å². The molecule has 4 aromatic rings. The molecule has 0 bridgehead atoms. The van der Waals surface area contributed by atoms with Crippen molar-refractivity contribution in [1.29, 1.82) is 0 Å². The monoisotopic (exact) mass is 626 g/mol. The Morgan fingerprint density at radius 1 is 0.804 bits per heavy atom. The Balaban J connectivity index is 1.03. The highest BCUT2D eigenvalue weighted by Gasteiger charge is 2.49. The highest BCUT2D eigenvalue weighted by molar-refractivity contribution is 6.01. The van der Waals surface area contributed by atoms with Gasteiger partial charge in [-0.25, -0.2) is 0 Å². The lowest BCUT2D eigenvalue weighted by Gasteiger charge is -2.33. The Morgan fingerprint density at radius 2 is 1.37 bits per heavy atom. The molecule has 1 fully saturated rings. The third-order valence-electron chi connectivity index (χ3n) is 9.49. The number of alkyl halides is 3. The Morgan fingerprint density at radius 3 is 1.96 bits per heavy atom. The number of unbranched alkanes of at least 4 members (excludes halogenated alkanes) is 1. The molecule has 1 amide bonds. The van der Waals surface area contributed by atoms with Gasteiger partial charge in [0.25, 0.3) is 5.91 Å². The minimum Gasteiger partial charge on any atom is -0.468 e. The largest absolute Gasteiger partial charge is 0.468 e. The van der Waals surface area contributed by atoms with Gasteiger partial charge in [-0.3, -0.25) is 9.59 Å². The molecular weight excluding hydrogens is 589 g/mol. The van der Waals surface area contributed by atoms with Crippen LogP contribution in [0.15, 0.2) is 97.1 Å². The summed E-state index contributed by atoms with van der Waals surface area (Å²) >= 11 is 0. The van der Waals surface area contributed by atoms with E-state index in [9.17, 15) is 22.8 Å². The van der Waals surface area contributed by atoms with Gasteiger partial charge < -0.3 is 15.0 Å².